The van der Waals surface area contributed by atoms with Gasteiger partial charge in [-0.05, 0) is 12.5 Å². The fourth-order valence-electron chi connectivity index (χ4n) is 0.607. The lowest BCUT2D eigenvalue weighted by atomic mass is 9.90. The zero-order valence-corrected chi connectivity index (χ0v) is 7.98. The normalized spacial score (nSPS) is 12.4. The molecule has 11 heavy (non-hydrogen) atoms. The van der Waals surface area contributed by atoms with E-state index in [4.69, 9.17) is 0 Å². The largest absolute Gasteiger partial charge is 0.294 e. The van der Waals surface area contributed by atoms with E-state index >= 15 is 0 Å². The van der Waals surface area contributed by atoms with Crippen LogP contribution in [0.3, 0.4) is 0 Å². The standard InChI is InChI=1S/C10H18O/c1-5-6-7-8-9(11)10(2,3)4/h7-8H,5-6H2,1-4H3. The second kappa shape index (κ2) is 4.32. The Morgan fingerprint density at radius 3 is 2.27 bits per heavy atom. The Bertz CT molecular complexity index is 149. The number of hydrogen-bond donors (Lipinski definition) is 0. The van der Waals surface area contributed by atoms with Gasteiger partial charge >= 0.3 is 0 Å². The van der Waals surface area contributed by atoms with Gasteiger partial charge in [-0.15, -0.1) is 0 Å². The lowest BCUT2D eigenvalue weighted by Gasteiger charge is -2.12. The summed E-state index contributed by atoms with van der Waals surface area (Å²) in [4.78, 5) is 11.3. The van der Waals surface area contributed by atoms with Crippen molar-refractivity contribution in [1.29, 1.82) is 0 Å². The van der Waals surface area contributed by atoms with Crippen molar-refractivity contribution >= 4 is 5.78 Å². The van der Waals surface area contributed by atoms with Gasteiger partial charge in [-0.25, -0.2) is 0 Å². The van der Waals surface area contributed by atoms with Crippen LogP contribution in [0.15, 0.2) is 12.2 Å². The van der Waals surface area contributed by atoms with Gasteiger partial charge in [0, 0.05) is 5.41 Å². The van der Waals surface area contributed by atoms with Crippen LogP contribution in [-0.4, -0.2) is 5.78 Å². The topological polar surface area (TPSA) is 17.1 Å². The summed E-state index contributed by atoms with van der Waals surface area (Å²) in [7, 11) is 0. The van der Waals surface area contributed by atoms with Gasteiger partial charge in [0.1, 0.15) is 0 Å². The molecule has 0 rings (SSSR count). The molecule has 0 radical (unpaired) electrons. The lowest BCUT2D eigenvalue weighted by Crippen LogP contribution is -2.17. The number of unbranched alkanes of at least 4 members (excludes halogenated alkanes) is 1. The van der Waals surface area contributed by atoms with Crippen LogP contribution in [0.2, 0.25) is 0 Å². The van der Waals surface area contributed by atoms with E-state index in [9.17, 15) is 4.79 Å². The van der Waals surface area contributed by atoms with Crippen molar-refractivity contribution in [3.63, 3.8) is 0 Å². The van der Waals surface area contributed by atoms with Gasteiger partial charge in [0.15, 0.2) is 5.78 Å². The number of allylic oxidation sites excluding steroid dienone is 2. The molecule has 0 saturated heterocycles. The highest BCUT2D eigenvalue weighted by molar-refractivity contribution is 5.93. The molecule has 0 aromatic heterocycles. The smallest absolute Gasteiger partial charge is 0.160 e. The highest BCUT2D eigenvalue weighted by atomic mass is 16.1. The average Bonchev–Trinajstić information content (AvgIpc) is 1.86. The quantitative estimate of drug-likeness (QED) is 0.571. The number of rotatable bonds is 3. The predicted molar refractivity (Wildman–Crippen MR) is 48.5 cm³/mol. The molecule has 0 aliphatic heterocycles. The SMILES string of the molecule is CCCC=CC(=O)C(C)(C)C. The highest BCUT2D eigenvalue weighted by Crippen LogP contribution is 2.14. The molecule has 0 unspecified atom stereocenters. The van der Waals surface area contributed by atoms with Crippen molar-refractivity contribution in [2.75, 3.05) is 0 Å². The van der Waals surface area contributed by atoms with Crippen LogP contribution in [-0.2, 0) is 4.79 Å². The minimum Gasteiger partial charge on any atom is -0.294 e. The van der Waals surface area contributed by atoms with E-state index in [2.05, 4.69) is 6.92 Å². The Balaban J connectivity index is 3.88. The van der Waals surface area contributed by atoms with Crippen LogP contribution in [0.5, 0.6) is 0 Å². The van der Waals surface area contributed by atoms with E-state index in [1.807, 2.05) is 26.8 Å². The predicted octanol–water partition coefficient (Wildman–Crippen LogP) is 2.96. The number of carbonyl (C=O) groups excluding carboxylic acids is 1. The number of carbonyl (C=O) groups is 1. The number of hydrogen-bond acceptors (Lipinski definition) is 1. The third-order valence-electron chi connectivity index (χ3n) is 1.46. The van der Waals surface area contributed by atoms with Crippen molar-refractivity contribution in [3.8, 4) is 0 Å². The number of ketones is 1. The zero-order valence-electron chi connectivity index (χ0n) is 7.98. The molecule has 0 aromatic rings. The fraction of sp³-hybridized carbons (Fsp3) is 0.700. The molecule has 0 aromatic carbocycles. The Hall–Kier alpha value is -0.590. The minimum absolute atomic E-state index is 0.214. The third-order valence-corrected chi connectivity index (χ3v) is 1.46. The summed E-state index contributed by atoms with van der Waals surface area (Å²) in [5.41, 5.74) is -0.218. The molecule has 0 aliphatic rings. The van der Waals surface area contributed by atoms with E-state index in [1.165, 1.54) is 0 Å². The maximum atomic E-state index is 11.3. The molecule has 0 N–H and O–H groups in total. The van der Waals surface area contributed by atoms with Crippen molar-refractivity contribution < 1.29 is 4.79 Å². The molecule has 0 saturated carbocycles. The summed E-state index contributed by atoms with van der Waals surface area (Å²) in [6, 6.07) is 0. The van der Waals surface area contributed by atoms with Gasteiger partial charge in [-0.1, -0.05) is 40.2 Å². The molecule has 0 aliphatic carbocycles. The van der Waals surface area contributed by atoms with E-state index in [1.54, 1.807) is 6.08 Å². The van der Waals surface area contributed by atoms with E-state index in [0.29, 0.717) is 0 Å². The summed E-state index contributed by atoms with van der Waals surface area (Å²) >= 11 is 0. The van der Waals surface area contributed by atoms with Gasteiger partial charge in [-0.3, -0.25) is 4.79 Å². The maximum absolute atomic E-state index is 11.3. The summed E-state index contributed by atoms with van der Waals surface area (Å²) in [6.07, 6.45) is 5.76. The molecule has 1 heteroatoms. The maximum Gasteiger partial charge on any atom is 0.160 e. The summed E-state index contributed by atoms with van der Waals surface area (Å²) in [6.45, 7) is 7.91. The van der Waals surface area contributed by atoms with Crippen molar-refractivity contribution in [3.05, 3.63) is 12.2 Å². The van der Waals surface area contributed by atoms with Crippen LogP contribution in [0.4, 0.5) is 0 Å². The van der Waals surface area contributed by atoms with Gasteiger partial charge in [0.2, 0.25) is 0 Å². The molecule has 0 heterocycles. The van der Waals surface area contributed by atoms with Crippen LogP contribution >= 0.6 is 0 Å². The second-order valence-electron chi connectivity index (χ2n) is 3.81. The molecule has 0 amide bonds. The first-order valence-electron chi connectivity index (χ1n) is 4.19. The lowest BCUT2D eigenvalue weighted by molar-refractivity contribution is -0.121. The van der Waals surface area contributed by atoms with Gasteiger partial charge in [0.25, 0.3) is 0 Å². The minimum atomic E-state index is -0.218. The molecular weight excluding hydrogens is 136 g/mol. The molecular formula is C10H18O. The summed E-state index contributed by atoms with van der Waals surface area (Å²) in [5, 5.41) is 0. The Kier molecular flexibility index (Phi) is 4.09. The Morgan fingerprint density at radius 2 is 1.91 bits per heavy atom. The highest BCUT2D eigenvalue weighted by Gasteiger charge is 2.17. The monoisotopic (exact) mass is 154 g/mol. The van der Waals surface area contributed by atoms with E-state index < -0.39 is 0 Å². The molecule has 0 atom stereocenters. The average molecular weight is 154 g/mol. The third kappa shape index (κ3) is 4.77. The second-order valence-corrected chi connectivity index (χ2v) is 3.81. The van der Waals surface area contributed by atoms with Crippen LogP contribution in [0.25, 0.3) is 0 Å². The van der Waals surface area contributed by atoms with Crippen molar-refractivity contribution in [2.45, 2.75) is 40.5 Å². The first kappa shape index (κ1) is 10.4. The molecule has 0 bridgehead atoms. The van der Waals surface area contributed by atoms with Crippen LogP contribution < -0.4 is 0 Å². The fourth-order valence-corrected chi connectivity index (χ4v) is 0.607. The van der Waals surface area contributed by atoms with Gasteiger partial charge in [0.05, 0.1) is 0 Å². The zero-order chi connectivity index (χ0) is 8.91. The van der Waals surface area contributed by atoms with E-state index in [-0.39, 0.29) is 11.2 Å². The van der Waals surface area contributed by atoms with Crippen molar-refractivity contribution in [2.24, 2.45) is 5.41 Å². The van der Waals surface area contributed by atoms with E-state index in [0.717, 1.165) is 12.8 Å². The first-order valence-corrected chi connectivity index (χ1v) is 4.19. The summed E-state index contributed by atoms with van der Waals surface area (Å²) in [5.74, 6) is 0.214. The Morgan fingerprint density at radius 1 is 1.36 bits per heavy atom. The molecule has 64 valence electrons. The van der Waals surface area contributed by atoms with Gasteiger partial charge < -0.3 is 0 Å². The van der Waals surface area contributed by atoms with Gasteiger partial charge in [-0.2, -0.15) is 0 Å². The van der Waals surface area contributed by atoms with Crippen LogP contribution in [0.1, 0.15) is 40.5 Å². The molecule has 1 nitrogen and oxygen atoms in total. The first-order chi connectivity index (χ1) is 4.98. The van der Waals surface area contributed by atoms with Crippen LogP contribution in [0, 0.1) is 5.41 Å². The Labute approximate surface area is 69.5 Å². The summed E-state index contributed by atoms with van der Waals surface area (Å²) < 4.78 is 0. The molecule has 0 fully saturated rings. The molecule has 0 spiro atoms. The van der Waals surface area contributed by atoms with Crippen molar-refractivity contribution in [1.82, 2.24) is 0 Å².